The Kier molecular flexibility index (Phi) is 2.73. The van der Waals surface area contributed by atoms with Gasteiger partial charge in [-0.15, -0.1) is 0 Å². The minimum absolute atomic E-state index is 0.0575. The van der Waals surface area contributed by atoms with Crippen LogP contribution in [0.4, 0.5) is 4.79 Å². The molecule has 0 saturated carbocycles. The molecule has 1 heterocycles. The van der Waals surface area contributed by atoms with Gasteiger partial charge in [0, 0.05) is 6.04 Å². The maximum absolute atomic E-state index is 11.5. The number of fused-ring (bicyclic) bond motifs is 1. The molecule has 2 rings (SSSR count). The molecule has 1 fully saturated rings. The molecule has 88 valence electrons. The van der Waals surface area contributed by atoms with Gasteiger partial charge in [-0.25, -0.2) is 4.79 Å². The van der Waals surface area contributed by atoms with Crippen LogP contribution in [-0.2, 0) is 9.47 Å². The van der Waals surface area contributed by atoms with Crippen LogP contribution in [0, 0.1) is 0 Å². The zero-order valence-corrected chi connectivity index (χ0v) is 9.42. The van der Waals surface area contributed by atoms with Crippen LogP contribution in [0.2, 0.25) is 0 Å². The summed E-state index contributed by atoms with van der Waals surface area (Å²) in [5.74, 6) is 0. The molecule has 1 aliphatic carbocycles. The lowest BCUT2D eigenvalue weighted by Gasteiger charge is -2.42. The molecule has 0 aromatic heterocycles. The summed E-state index contributed by atoms with van der Waals surface area (Å²) in [7, 11) is 0. The summed E-state index contributed by atoms with van der Waals surface area (Å²) >= 11 is 0. The lowest BCUT2D eigenvalue weighted by Crippen LogP contribution is -2.60. The van der Waals surface area contributed by atoms with Crippen molar-refractivity contribution >= 4 is 6.03 Å². The summed E-state index contributed by atoms with van der Waals surface area (Å²) in [5.41, 5.74) is 4.53. The average molecular weight is 224 g/mol. The molecule has 0 radical (unpaired) electrons. The van der Waals surface area contributed by atoms with Crippen molar-refractivity contribution < 1.29 is 14.3 Å². The molecule has 0 bridgehead atoms. The van der Waals surface area contributed by atoms with Crippen LogP contribution in [-0.4, -0.2) is 35.6 Å². The molecule has 0 aromatic carbocycles. The summed E-state index contributed by atoms with van der Waals surface area (Å²) in [4.78, 5) is 13.0. The number of carbonyl (C=O) groups is 1. The molecule has 1 saturated heterocycles. The second-order valence-corrected chi connectivity index (χ2v) is 4.15. The normalized spacial score (nSPS) is 31.8. The molecule has 2 amide bonds. The first kappa shape index (κ1) is 11.2. The Labute approximate surface area is 94.5 Å². The highest BCUT2D eigenvalue weighted by molar-refractivity contribution is 5.74. The first-order valence-corrected chi connectivity index (χ1v) is 5.28. The SMILES string of the molecule is CC(C)N(C(N)=O)C12C=CC=CC1OCO2. The number of rotatable bonds is 2. The Balaban J connectivity index is 2.38. The molecule has 5 nitrogen and oxygen atoms in total. The average Bonchev–Trinajstić information content (AvgIpc) is 2.59. The van der Waals surface area contributed by atoms with E-state index in [0.717, 1.165) is 0 Å². The minimum Gasteiger partial charge on any atom is -0.351 e. The summed E-state index contributed by atoms with van der Waals surface area (Å²) in [5, 5.41) is 0. The van der Waals surface area contributed by atoms with Crippen molar-refractivity contribution in [2.45, 2.75) is 31.7 Å². The van der Waals surface area contributed by atoms with Crippen LogP contribution in [0.1, 0.15) is 13.8 Å². The highest BCUT2D eigenvalue weighted by Gasteiger charge is 2.50. The Morgan fingerprint density at radius 3 is 2.94 bits per heavy atom. The number of amides is 2. The predicted octanol–water partition coefficient (Wildman–Crippen LogP) is 0.971. The third kappa shape index (κ3) is 1.52. The number of nitrogens with two attached hydrogens (primary N) is 1. The summed E-state index contributed by atoms with van der Waals surface area (Å²) in [6.45, 7) is 3.95. The van der Waals surface area contributed by atoms with Crippen molar-refractivity contribution in [1.29, 1.82) is 0 Å². The molecule has 2 aliphatic rings. The minimum atomic E-state index is -0.880. The number of hydrogen-bond donors (Lipinski definition) is 1. The predicted molar refractivity (Wildman–Crippen MR) is 58.4 cm³/mol. The van der Waals surface area contributed by atoms with E-state index in [-0.39, 0.29) is 18.9 Å². The Morgan fingerprint density at radius 2 is 2.31 bits per heavy atom. The molecule has 16 heavy (non-hydrogen) atoms. The van der Waals surface area contributed by atoms with Crippen molar-refractivity contribution in [3.8, 4) is 0 Å². The van der Waals surface area contributed by atoms with E-state index in [9.17, 15) is 4.79 Å². The Hall–Kier alpha value is -1.33. The van der Waals surface area contributed by atoms with Crippen LogP contribution >= 0.6 is 0 Å². The van der Waals surface area contributed by atoms with Gasteiger partial charge in [0.15, 0.2) is 12.5 Å². The maximum atomic E-state index is 11.5. The lowest BCUT2D eigenvalue weighted by molar-refractivity contribution is -0.0752. The topological polar surface area (TPSA) is 64.8 Å². The molecule has 1 aliphatic heterocycles. The van der Waals surface area contributed by atoms with Gasteiger partial charge < -0.3 is 15.2 Å². The number of allylic oxidation sites excluding steroid dienone is 2. The maximum Gasteiger partial charge on any atom is 0.317 e. The quantitative estimate of drug-likeness (QED) is 0.760. The van der Waals surface area contributed by atoms with Gasteiger partial charge >= 0.3 is 6.03 Å². The molecule has 2 atom stereocenters. The van der Waals surface area contributed by atoms with E-state index in [4.69, 9.17) is 15.2 Å². The van der Waals surface area contributed by atoms with E-state index in [0.29, 0.717) is 0 Å². The molecule has 0 aromatic rings. The molecule has 2 unspecified atom stereocenters. The summed E-state index contributed by atoms with van der Waals surface area (Å²) in [6.07, 6.45) is 7.11. The first-order chi connectivity index (χ1) is 7.58. The standard InChI is InChI=1S/C11H16N2O3/c1-8(2)13(10(12)14)11-6-4-3-5-9(11)15-7-16-11/h3-6,8-9H,7H2,1-2H3,(H2,12,14). The van der Waals surface area contributed by atoms with Gasteiger partial charge in [-0.05, 0) is 19.9 Å². The van der Waals surface area contributed by atoms with Crippen molar-refractivity contribution in [3.05, 3.63) is 24.3 Å². The Morgan fingerprint density at radius 1 is 1.56 bits per heavy atom. The first-order valence-electron chi connectivity index (χ1n) is 5.28. The van der Waals surface area contributed by atoms with E-state index in [1.54, 1.807) is 0 Å². The smallest absolute Gasteiger partial charge is 0.317 e. The fourth-order valence-corrected chi connectivity index (χ4v) is 2.22. The van der Waals surface area contributed by atoms with Gasteiger partial charge in [0.05, 0.1) is 0 Å². The number of hydrogen-bond acceptors (Lipinski definition) is 3. The fourth-order valence-electron chi connectivity index (χ4n) is 2.22. The number of nitrogens with zero attached hydrogens (tertiary/aromatic N) is 1. The fraction of sp³-hybridized carbons (Fsp3) is 0.545. The second kappa shape index (κ2) is 3.92. The lowest BCUT2D eigenvalue weighted by atomic mass is 9.98. The van der Waals surface area contributed by atoms with E-state index >= 15 is 0 Å². The van der Waals surface area contributed by atoms with Crippen molar-refractivity contribution in [1.82, 2.24) is 4.90 Å². The van der Waals surface area contributed by atoms with Crippen LogP contribution < -0.4 is 5.73 Å². The number of urea groups is 1. The van der Waals surface area contributed by atoms with E-state index in [1.165, 1.54) is 4.90 Å². The summed E-state index contributed by atoms with van der Waals surface area (Å²) in [6, 6.07) is -0.566. The van der Waals surface area contributed by atoms with Crippen LogP contribution in [0.5, 0.6) is 0 Å². The largest absolute Gasteiger partial charge is 0.351 e. The monoisotopic (exact) mass is 224 g/mol. The zero-order valence-electron chi connectivity index (χ0n) is 9.42. The highest BCUT2D eigenvalue weighted by atomic mass is 16.7. The van der Waals surface area contributed by atoms with Crippen molar-refractivity contribution in [2.24, 2.45) is 5.73 Å². The van der Waals surface area contributed by atoms with Crippen LogP contribution in [0.25, 0.3) is 0 Å². The molecular formula is C11H16N2O3. The molecule has 0 spiro atoms. The third-order valence-corrected chi connectivity index (χ3v) is 2.81. The van der Waals surface area contributed by atoms with Crippen molar-refractivity contribution in [2.75, 3.05) is 6.79 Å². The third-order valence-electron chi connectivity index (χ3n) is 2.81. The van der Waals surface area contributed by atoms with Crippen LogP contribution in [0.3, 0.4) is 0 Å². The van der Waals surface area contributed by atoms with Crippen LogP contribution in [0.15, 0.2) is 24.3 Å². The van der Waals surface area contributed by atoms with Gasteiger partial charge in [0.1, 0.15) is 6.10 Å². The second-order valence-electron chi connectivity index (χ2n) is 4.15. The van der Waals surface area contributed by atoms with Gasteiger partial charge in [-0.1, -0.05) is 18.2 Å². The zero-order chi connectivity index (χ0) is 11.8. The van der Waals surface area contributed by atoms with E-state index in [1.807, 2.05) is 38.2 Å². The Bertz CT molecular complexity index is 351. The number of carbonyl (C=O) groups excluding carboxylic acids is 1. The van der Waals surface area contributed by atoms with E-state index < -0.39 is 11.8 Å². The van der Waals surface area contributed by atoms with E-state index in [2.05, 4.69) is 0 Å². The van der Waals surface area contributed by atoms with Gasteiger partial charge in [-0.2, -0.15) is 0 Å². The summed E-state index contributed by atoms with van der Waals surface area (Å²) < 4.78 is 11.0. The molecular weight excluding hydrogens is 208 g/mol. The number of ether oxygens (including phenoxy) is 2. The molecule has 2 N–H and O–H groups in total. The number of primary amides is 1. The van der Waals surface area contributed by atoms with Gasteiger partial charge in [0.25, 0.3) is 0 Å². The highest BCUT2D eigenvalue weighted by Crippen LogP contribution is 2.35. The van der Waals surface area contributed by atoms with Crippen molar-refractivity contribution in [3.63, 3.8) is 0 Å². The van der Waals surface area contributed by atoms with Gasteiger partial charge in [0.2, 0.25) is 0 Å². The molecule has 5 heteroatoms. The van der Waals surface area contributed by atoms with Gasteiger partial charge in [-0.3, -0.25) is 4.90 Å².